The molecule has 1 aromatic heterocycles. The molecule has 0 N–H and O–H groups in total. The summed E-state index contributed by atoms with van der Waals surface area (Å²) in [6.45, 7) is 4.59. The average Bonchev–Trinajstić information content (AvgIpc) is 3.42. The topological polar surface area (TPSA) is 81.5 Å². The van der Waals surface area contributed by atoms with E-state index in [1.54, 1.807) is 43.5 Å². The highest BCUT2D eigenvalue weighted by molar-refractivity contribution is 5.86. The molecule has 0 saturated heterocycles. The fourth-order valence-electron chi connectivity index (χ4n) is 4.01. The maximum absolute atomic E-state index is 13.5. The van der Waals surface area contributed by atoms with Gasteiger partial charge in [-0.05, 0) is 67.8 Å². The smallest absolute Gasteiger partial charge is 0.242 e. The number of hydrogen-bond donors (Lipinski definition) is 0. The van der Waals surface area contributed by atoms with Crippen LogP contribution >= 0.6 is 0 Å². The molecule has 0 saturated carbocycles. The molecule has 3 aromatic rings. The van der Waals surface area contributed by atoms with Crippen molar-refractivity contribution in [3.05, 3.63) is 77.7 Å². The van der Waals surface area contributed by atoms with Crippen molar-refractivity contribution in [2.45, 2.75) is 39.3 Å². The number of amides is 2. The molecule has 0 aliphatic heterocycles. The quantitative estimate of drug-likeness (QED) is 0.341. The molecule has 37 heavy (non-hydrogen) atoms. The van der Waals surface area contributed by atoms with Crippen LogP contribution in [0.1, 0.15) is 30.7 Å². The first-order valence-corrected chi connectivity index (χ1v) is 12.3. The number of carbonyl (C=O) groups is 2. The van der Waals surface area contributed by atoms with E-state index in [0.717, 1.165) is 16.9 Å². The summed E-state index contributed by atoms with van der Waals surface area (Å²) in [7, 11) is 4.79. The van der Waals surface area contributed by atoms with Gasteiger partial charge in [-0.3, -0.25) is 9.59 Å². The molecular weight excluding hydrogens is 472 g/mol. The second-order valence-electron chi connectivity index (χ2n) is 8.97. The minimum atomic E-state index is -0.145. The molecule has 0 fully saturated rings. The Hall–Kier alpha value is -3.94. The third kappa shape index (κ3) is 7.77. The zero-order valence-electron chi connectivity index (χ0n) is 22.2. The van der Waals surface area contributed by atoms with E-state index in [1.807, 2.05) is 62.4 Å². The summed E-state index contributed by atoms with van der Waals surface area (Å²) in [5.41, 5.74) is 1.87. The second kappa shape index (κ2) is 13.4. The van der Waals surface area contributed by atoms with Crippen LogP contribution in [-0.2, 0) is 29.0 Å². The van der Waals surface area contributed by atoms with Crippen LogP contribution in [0.25, 0.3) is 0 Å². The van der Waals surface area contributed by atoms with Gasteiger partial charge in [0.1, 0.15) is 11.5 Å². The first-order valence-electron chi connectivity index (χ1n) is 12.3. The normalized spacial score (nSPS) is 10.8. The van der Waals surface area contributed by atoms with Crippen molar-refractivity contribution < 1.29 is 28.2 Å². The highest BCUT2D eigenvalue weighted by atomic mass is 16.5. The van der Waals surface area contributed by atoms with Crippen LogP contribution < -0.4 is 14.2 Å². The second-order valence-corrected chi connectivity index (χ2v) is 8.97. The first kappa shape index (κ1) is 27.6. The fraction of sp³-hybridized carbons (Fsp3) is 0.379. The molecule has 0 radical (unpaired) electrons. The predicted octanol–water partition coefficient (Wildman–Crippen LogP) is 4.36. The van der Waals surface area contributed by atoms with Gasteiger partial charge < -0.3 is 28.4 Å². The number of rotatable bonds is 13. The van der Waals surface area contributed by atoms with Crippen LogP contribution in [0.2, 0.25) is 0 Å². The molecule has 0 atom stereocenters. The summed E-state index contributed by atoms with van der Waals surface area (Å²) in [5, 5.41) is 0. The number of hydrogen-bond acceptors (Lipinski definition) is 6. The first-order chi connectivity index (χ1) is 17.8. The van der Waals surface area contributed by atoms with Gasteiger partial charge in [-0.15, -0.1) is 0 Å². The van der Waals surface area contributed by atoms with Gasteiger partial charge in [-0.2, -0.15) is 0 Å². The molecule has 0 unspecified atom stereocenters. The molecule has 1 heterocycles. The third-order valence-corrected chi connectivity index (χ3v) is 6.16. The largest absolute Gasteiger partial charge is 0.497 e. The molecule has 0 bridgehead atoms. The van der Waals surface area contributed by atoms with Crippen molar-refractivity contribution in [3.63, 3.8) is 0 Å². The SMILES string of the molecule is COc1ccc(CC(=O)N(CC(=O)N(CCc2ccc(OC)c(OC)c2)Cc2ccco2)C(C)C)cc1. The number of furan rings is 1. The van der Waals surface area contributed by atoms with Gasteiger partial charge in [0, 0.05) is 12.6 Å². The van der Waals surface area contributed by atoms with Crippen LogP contribution in [0.4, 0.5) is 0 Å². The number of carbonyl (C=O) groups excluding carboxylic acids is 2. The Morgan fingerprint density at radius 2 is 1.57 bits per heavy atom. The van der Waals surface area contributed by atoms with Crippen molar-refractivity contribution >= 4 is 11.8 Å². The highest BCUT2D eigenvalue weighted by Crippen LogP contribution is 2.28. The number of benzene rings is 2. The Morgan fingerprint density at radius 3 is 2.16 bits per heavy atom. The summed E-state index contributed by atoms with van der Waals surface area (Å²) in [6, 6.07) is 16.6. The van der Waals surface area contributed by atoms with E-state index in [-0.39, 0.29) is 30.8 Å². The van der Waals surface area contributed by atoms with Gasteiger partial charge in [-0.25, -0.2) is 0 Å². The molecular formula is C29H36N2O6. The monoisotopic (exact) mass is 508 g/mol. The van der Waals surface area contributed by atoms with Crippen LogP contribution in [0, 0.1) is 0 Å². The predicted molar refractivity (Wildman–Crippen MR) is 141 cm³/mol. The summed E-state index contributed by atoms with van der Waals surface area (Å²) in [5.74, 6) is 2.45. The Balaban J connectivity index is 1.72. The van der Waals surface area contributed by atoms with Gasteiger partial charge in [0.05, 0.1) is 47.1 Å². The van der Waals surface area contributed by atoms with E-state index in [2.05, 4.69) is 0 Å². The van der Waals surface area contributed by atoms with E-state index in [0.29, 0.717) is 36.8 Å². The van der Waals surface area contributed by atoms with Crippen molar-refractivity contribution in [2.24, 2.45) is 0 Å². The minimum absolute atomic E-state index is 0.0146. The van der Waals surface area contributed by atoms with E-state index in [9.17, 15) is 9.59 Å². The minimum Gasteiger partial charge on any atom is -0.497 e. The van der Waals surface area contributed by atoms with Gasteiger partial charge in [0.15, 0.2) is 11.5 Å². The zero-order valence-corrected chi connectivity index (χ0v) is 22.2. The van der Waals surface area contributed by atoms with Gasteiger partial charge in [0.25, 0.3) is 0 Å². The lowest BCUT2D eigenvalue weighted by atomic mass is 10.1. The molecule has 8 nitrogen and oxygen atoms in total. The Morgan fingerprint density at radius 1 is 0.865 bits per heavy atom. The van der Waals surface area contributed by atoms with Gasteiger partial charge in [0.2, 0.25) is 11.8 Å². The molecule has 0 aliphatic rings. The molecule has 8 heteroatoms. The van der Waals surface area contributed by atoms with E-state index < -0.39 is 0 Å². The van der Waals surface area contributed by atoms with E-state index in [4.69, 9.17) is 18.6 Å². The standard InChI is InChI=1S/C29H36N2O6/c1-21(2)31(28(32)18-22-8-11-24(34-3)12-9-22)20-29(33)30(19-25-7-6-16-37-25)15-14-23-10-13-26(35-4)27(17-23)36-5/h6-13,16-17,21H,14-15,18-20H2,1-5H3. The van der Waals surface area contributed by atoms with E-state index >= 15 is 0 Å². The van der Waals surface area contributed by atoms with Crippen molar-refractivity contribution in [2.75, 3.05) is 34.4 Å². The number of methoxy groups -OCH3 is 3. The highest BCUT2D eigenvalue weighted by Gasteiger charge is 2.24. The fourth-order valence-corrected chi connectivity index (χ4v) is 4.01. The summed E-state index contributed by atoms with van der Waals surface area (Å²) in [4.78, 5) is 30.0. The summed E-state index contributed by atoms with van der Waals surface area (Å²) in [6.07, 6.45) is 2.40. The lowest BCUT2D eigenvalue weighted by Gasteiger charge is -2.30. The summed E-state index contributed by atoms with van der Waals surface area (Å²) < 4.78 is 21.4. The molecule has 198 valence electrons. The molecule has 2 amide bonds. The maximum atomic E-state index is 13.5. The average molecular weight is 509 g/mol. The molecule has 2 aromatic carbocycles. The van der Waals surface area contributed by atoms with Crippen LogP contribution in [0.15, 0.2) is 65.3 Å². The van der Waals surface area contributed by atoms with E-state index in [1.165, 1.54) is 0 Å². The molecule has 0 aliphatic carbocycles. The van der Waals surface area contributed by atoms with Crippen LogP contribution in [0.5, 0.6) is 17.2 Å². The van der Waals surface area contributed by atoms with Crippen LogP contribution in [0.3, 0.4) is 0 Å². The maximum Gasteiger partial charge on any atom is 0.242 e. The van der Waals surface area contributed by atoms with Crippen molar-refractivity contribution in [1.29, 1.82) is 0 Å². The molecule has 0 spiro atoms. The summed E-state index contributed by atoms with van der Waals surface area (Å²) >= 11 is 0. The number of nitrogens with zero attached hydrogens (tertiary/aromatic N) is 2. The third-order valence-electron chi connectivity index (χ3n) is 6.16. The van der Waals surface area contributed by atoms with Crippen molar-refractivity contribution in [3.8, 4) is 17.2 Å². The zero-order chi connectivity index (χ0) is 26.8. The van der Waals surface area contributed by atoms with Crippen LogP contribution in [-0.4, -0.2) is 62.1 Å². The lowest BCUT2D eigenvalue weighted by Crippen LogP contribution is -2.46. The van der Waals surface area contributed by atoms with Gasteiger partial charge in [-0.1, -0.05) is 18.2 Å². The Labute approximate surface area is 218 Å². The van der Waals surface area contributed by atoms with Gasteiger partial charge >= 0.3 is 0 Å². The lowest BCUT2D eigenvalue weighted by molar-refractivity contribution is -0.142. The molecule has 3 rings (SSSR count). The Kier molecular flexibility index (Phi) is 10.0. The van der Waals surface area contributed by atoms with Crippen molar-refractivity contribution in [1.82, 2.24) is 9.80 Å². The Bertz CT molecular complexity index is 1140. The number of ether oxygens (including phenoxy) is 3.